The van der Waals surface area contributed by atoms with E-state index in [1.54, 1.807) is 11.9 Å². The maximum atomic E-state index is 12.2. The number of likely N-dealkylation sites (N-methyl/N-ethyl adjacent to an activating group) is 1. The number of hydrogen-bond acceptors (Lipinski definition) is 3. The van der Waals surface area contributed by atoms with Gasteiger partial charge in [-0.05, 0) is 24.6 Å². The second-order valence-corrected chi connectivity index (χ2v) is 4.72. The lowest BCUT2D eigenvalue weighted by Gasteiger charge is -2.31. The van der Waals surface area contributed by atoms with E-state index in [2.05, 4.69) is 10.6 Å². The predicted molar refractivity (Wildman–Crippen MR) is 75.6 cm³/mol. The van der Waals surface area contributed by atoms with Crippen LogP contribution in [0.3, 0.4) is 0 Å². The Hall–Kier alpha value is -2.08. The van der Waals surface area contributed by atoms with Gasteiger partial charge in [0.15, 0.2) is 6.10 Å². The quantitative estimate of drug-likeness (QED) is 0.846. The average Bonchev–Trinajstić information content (AvgIpc) is 2.46. The maximum absolute atomic E-state index is 12.2. The predicted octanol–water partition coefficient (Wildman–Crippen LogP) is 0.974. The van der Waals surface area contributed by atoms with Crippen molar-refractivity contribution >= 4 is 17.6 Å². The molecule has 0 unspecified atom stereocenters. The first kappa shape index (κ1) is 14.3. The standard InChI is InChI=1S/C14H19N3O3/c1-10-4-3-5-11(8-10)16-14(19)17-6-7-20-12(9-17)13(18)15-2/h3-5,8,12H,6-7,9H2,1-2H3,(H,15,18)(H,16,19)/t12-/m1/s1. The van der Waals surface area contributed by atoms with Gasteiger partial charge in [-0.3, -0.25) is 4.79 Å². The molecule has 1 aromatic rings. The number of anilines is 1. The molecular weight excluding hydrogens is 258 g/mol. The van der Waals surface area contributed by atoms with Crippen LogP contribution in [-0.2, 0) is 9.53 Å². The van der Waals surface area contributed by atoms with Crippen LogP contribution < -0.4 is 10.6 Å². The molecule has 0 spiro atoms. The van der Waals surface area contributed by atoms with Gasteiger partial charge in [0.25, 0.3) is 5.91 Å². The number of hydrogen-bond donors (Lipinski definition) is 2. The average molecular weight is 277 g/mol. The fourth-order valence-corrected chi connectivity index (χ4v) is 2.08. The Morgan fingerprint density at radius 2 is 2.20 bits per heavy atom. The summed E-state index contributed by atoms with van der Waals surface area (Å²) >= 11 is 0. The van der Waals surface area contributed by atoms with E-state index in [-0.39, 0.29) is 18.5 Å². The van der Waals surface area contributed by atoms with E-state index in [1.165, 1.54) is 0 Å². The van der Waals surface area contributed by atoms with E-state index in [9.17, 15) is 9.59 Å². The summed E-state index contributed by atoms with van der Waals surface area (Å²) in [7, 11) is 1.55. The molecule has 2 rings (SSSR count). The third kappa shape index (κ3) is 3.48. The van der Waals surface area contributed by atoms with E-state index in [0.29, 0.717) is 13.2 Å². The summed E-state index contributed by atoms with van der Waals surface area (Å²) in [5.41, 5.74) is 1.82. The molecule has 1 saturated heterocycles. The monoisotopic (exact) mass is 277 g/mol. The van der Waals surface area contributed by atoms with E-state index in [4.69, 9.17) is 4.74 Å². The van der Waals surface area contributed by atoms with Crippen LogP contribution in [0.2, 0.25) is 0 Å². The minimum atomic E-state index is -0.600. The molecule has 1 fully saturated rings. The maximum Gasteiger partial charge on any atom is 0.322 e. The van der Waals surface area contributed by atoms with Gasteiger partial charge in [0.05, 0.1) is 13.2 Å². The SMILES string of the molecule is CNC(=O)[C@H]1CN(C(=O)Nc2cccc(C)c2)CCO1. The number of ether oxygens (including phenoxy) is 1. The third-order valence-corrected chi connectivity index (χ3v) is 3.16. The molecule has 1 aliphatic rings. The largest absolute Gasteiger partial charge is 0.365 e. The lowest BCUT2D eigenvalue weighted by molar-refractivity contribution is -0.136. The van der Waals surface area contributed by atoms with Crippen LogP contribution in [0.4, 0.5) is 10.5 Å². The zero-order valence-electron chi connectivity index (χ0n) is 11.7. The number of nitrogens with zero attached hydrogens (tertiary/aromatic N) is 1. The number of aryl methyl sites for hydroxylation is 1. The number of nitrogens with one attached hydrogen (secondary N) is 2. The molecule has 3 amide bonds. The van der Waals surface area contributed by atoms with Gasteiger partial charge in [-0.2, -0.15) is 0 Å². The molecule has 0 aromatic heterocycles. The molecule has 0 aliphatic carbocycles. The first-order chi connectivity index (χ1) is 9.60. The Morgan fingerprint density at radius 1 is 1.40 bits per heavy atom. The molecule has 0 radical (unpaired) electrons. The molecule has 6 nitrogen and oxygen atoms in total. The number of urea groups is 1. The minimum Gasteiger partial charge on any atom is -0.365 e. The highest BCUT2D eigenvalue weighted by atomic mass is 16.5. The van der Waals surface area contributed by atoms with E-state index >= 15 is 0 Å². The molecule has 1 aromatic carbocycles. The smallest absolute Gasteiger partial charge is 0.322 e. The van der Waals surface area contributed by atoms with Crippen LogP contribution in [0, 0.1) is 6.92 Å². The first-order valence-corrected chi connectivity index (χ1v) is 6.56. The van der Waals surface area contributed by atoms with Crippen LogP contribution in [0.5, 0.6) is 0 Å². The second-order valence-electron chi connectivity index (χ2n) is 4.72. The Balaban J connectivity index is 1.97. The molecule has 20 heavy (non-hydrogen) atoms. The molecule has 2 N–H and O–H groups in total. The highest BCUT2D eigenvalue weighted by molar-refractivity contribution is 5.90. The number of rotatable bonds is 2. The summed E-state index contributed by atoms with van der Waals surface area (Å²) in [6.07, 6.45) is -0.600. The molecule has 1 atom stereocenters. The van der Waals surface area contributed by atoms with Crippen LogP contribution in [-0.4, -0.2) is 49.7 Å². The van der Waals surface area contributed by atoms with Gasteiger partial charge >= 0.3 is 6.03 Å². The van der Waals surface area contributed by atoms with Crippen LogP contribution in [0.1, 0.15) is 5.56 Å². The number of morpholine rings is 1. The van der Waals surface area contributed by atoms with Crippen molar-refractivity contribution in [3.63, 3.8) is 0 Å². The number of carbonyl (C=O) groups is 2. The van der Waals surface area contributed by atoms with Crippen molar-refractivity contribution in [3.05, 3.63) is 29.8 Å². The molecule has 1 heterocycles. The minimum absolute atomic E-state index is 0.210. The van der Waals surface area contributed by atoms with Gasteiger partial charge in [-0.25, -0.2) is 4.79 Å². The summed E-state index contributed by atoms with van der Waals surface area (Å²) in [4.78, 5) is 25.3. The topological polar surface area (TPSA) is 70.7 Å². The van der Waals surface area contributed by atoms with Crippen molar-refractivity contribution in [2.24, 2.45) is 0 Å². The fraction of sp³-hybridized carbons (Fsp3) is 0.429. The van der Waals surface area contributed by atoms with Crippen LogP contribution in [0.25, 0.3) is 0 Å². The second kappa shape index (κ2) is 6.38. The fourth-order valence-electron chi connectivity index (χ4n) is 2.08. The van der Waals surface area contributed by atoms with E-state index in [1.807, 2.05) is 31.2 Å². The number of carbonyl (C=O) groups excluding carboxylic acids is 2. The summed E-state index contributed by atoms with van der Waals surface area (Å²) in [6, 6.07) is 7.37. The highest BCUT2D eigenvalue weighted by Crippen LogP contribution is 2.12. The molecular formula is C14H19N3O3. The zero-order chi connectivity index (χ0) is 14.5. The van der Waals surface area contributed by atoms with E-state index in [0.717, 1.165) is 11.3 Å². The normalized spacial score (nSPS) is 18.5. The lowest BCUT2D eigenvalue weighted by atomic mass is 10.2. The summed E-state index contributed by atoms with van der Waals surface area (Å²) in [6.45, 7) is 3.06. The third-order valence-electron chi connectivity index (χ3n) is 3.16. The van der Waals surface area contributed by atoms with Crippen molar-refractivity contribution in [2.75, 3.05) is 32.1 Å². The van der Waals surface area contributed by atoms with E-state index < -0.39 is 6.10 Å². The number of benzene rings is 1. The summed E-state index contributed by atoms with van der Waals surface area (Å²) < 4.78 is 5.35. The molecule has 0 bridgehead atoms. The van der Waals surface area contributed by atoms with Gasteiger partial charge in [0.1, 0.15) is 0 Å². The van der Waals surface area contributed by atoms with Crippen molar-refractivity contribution in [2.45, 2.75) is 13.0 Å². The lowest BCUT2D eigenvalue weighted by Crippen LogP contribution is -2.52. The Morgan fingerprint density at radius 3 is 2.90 bits per heavy atom. The Kier molecular flexibility index (Phi) is 4.57. The molecule has 108 valence electrons. The van der Waals surface area contributed by atoms with Crippen molar-refractivity contribution in [1.29, 1.82) is 0 Å². The van der Waals surface area contributed by atoms with Gasteiger partial charge in [-0.15, -0.1) is 0 Å². The van der Waals surface area contributed by atoms with Crippen molar-refractivity contribution < 1.29 is 14.3 Å². The van der Waals surface area contributed by atoms with Crippen molar-refractivity contribution in [3.8, 4) is 0 Å². The van der Waals surface area contributed by atoms with Gasteiger partial charge in [-0.1, -0.05) is 12.1 Å². The van der Waals surface area contributed by atoms with Crippen LogP contribution >= 0.6 is 0 Å². The highest BCUT2D eigenvalue weighted by Gasteiger charge is 2.28. The van der Waals surface area contributed by atoms with Gasteiger partial charge in [0, 0.05) is 19.3 Å². The number of amides is 3. The Labute approximate surface area is 118 Å². The summed E-state index contributed by atoms with van der Waals surface area (Å²) in [5.74, 6) is -0.210. The first-order valence-electron chi connectivity index (χ1n) is 6.56. The van der Waals surface area contributed by atoms with Gasteiger partial charge in [0.2, 0.25) is 0 Å². The molecule has 1 aliphatic heterocycles. The zero-order valence-corrected chi connectivity index (χ0v) is 11.7. The summed E-state index contributed by atoms with van der Waals surface area (Å²) in [5, 5.41) is 5.36. The van der Waals surface area contributed by atoms with Gasteiger partial charge < -0.3 is 20.3 Å². The molecule has 6 heteroatoms. The Bertz CT molecular complexity index is 504. The van der Waals surface area contributed by atoms with Crippen LogP contribution in [0.15, 0.2) is 24.3 Å². The molecule has 0 saturated carbocycles. The van der Waals surface area contributed by atoms with Crippen molar-refractivity contribution in [1.82, 2.24) is 10.2 Å².